The fourth-order valence-corrected chi connectivity index (χ4v) is 4.92. The van der Waals surface area contributed by atoms with Crippen LogP contribution in [-0.4, -0.2) is 23.1 Å². The minimum absolute atomic E-state index is 0.0572. The molecule has 0 bridgehead atoms. The summed E-state index contributed by atoms with van der Waals surface area (Å²) in [6.45, 7) is 0.751. The SMILES string of the molecule is O=C1CSC(c2cccc(Oc3ccccc3)c2)N1CCc1cccs1. The Bertz CT molecular complexity index is 865. The molecule has 0 radical (unpaired) electrons. The van der Waals surface area contributed by atoms with Gasteiger partial charge in [0.05, 0.1) is 5.75 Å². The molecule has 132 valence electrons. The lowest BCUT2D eigenvalue weighted by molar-refractivity contribution is -0.128. The average molecular weight is 382 g/mol. The second kappa shape index (κ2) is 7.98. The summed E-state index contributed by atoms with van der Waals surface area (Å²) in [6, 6.07) is 22.0. The van der Waals surface area contributed by atoms with Crippen molar-refractivity contribution < 1.29 is 9.53 Å². The zero-order chi connectivity index (χ0) is 17.8. The van der Waals surface area contributed by atoms with Crippen molar-refractivity contribution in [2.45, 2.75) is 11.8 Å². The van der Waals surface area contributed by atoms with Crippen molar-refractivity contribution >= 4 is 29.0 Å². The van der Waals surface area contributed by atoms with Crippen LogP contribution >= 0.6 is 23.1 Å². The Labute approximate surface area is 161 Å². The third-order valence-corrected chi connectivity index (χ3v) is 6.46. The molecule has 0 aliphatic carbocycles. The van der Waals surface area contributed by atoms with E-state index in [0.717, 1.165) is 30.0 Å². The monoisotopic (exact) mass is 381 g/mol. The van der Waals surface area contributed by atoms with Gasteiger partial charge in [0, 0.05) is 11.4 Å². The summed E-state index contributed by atoms with van der Waals surface area (Å²) >= 11 is 3.43. The number of thioether (sulfide) groups is 1. The largest absolute Gasteiger partial charge is 0.457 e. The van der Waals surface area contributed by atoms with E-state index in [9.17, 15) is 4.79 Å². The number of carbonyl (C=O) groups excluding carboxylic acids is 1. The highest BCUT2D eigenvalue weighted by Gasteiger charge is 2.32. The van der Waals surface area contributed by atoms with Crippen LogP contribution in [0.4, 0.5) is 0 Å². The second-order valence-electron chi connectivity index (χ2n) is 6.07. The molecule has 26 heavy (non-hydrogen) atoms. The van der Waals surface area contributed by atoms with E-state index in [2.05, 4.69) is 23.6 Å². The molecule has 1 aliphatic rings. The first-order chi connectivity index (χ1) is 12.8. The molecule has 0 spiro atoms. The molecular formula is C21H19NO2S2. The van der Waals surface area contributed by atoms with Gasteiger partial charge in [0.1, 0.15) is 16.9 Å². The lowest BCUT2D eigenvalue weighted by Gasteiger charge is -2.24. The number of amides is 1. The fraction of sp³-hybridized carbons (Fsp3) is 0.190. The Morgan fingerprint density at radius 3 is 2.65 bits per heavy atom. The van der Waals surface area contributed by atoms with E-state index < -0.39 is 0 Å². The smallest absolute Gasteiger partial charge is 0.233 e. The van der Waals surface area contributed by atoms with Crippen molar-refractivity contribution in [1.29, 1.82) is 0 Å². The number of thiophene rings is 1. The van der Waals surface area contributed by atoms with E-state index in [1.165, 1.54) is 4.88 Å². The van der Waals surface area contributed by atoms with Crippen LogP contribution in [0.2, 0.25) is 0 Å². The zero-order valence-corrected chi connectivity index (χ0v) is 15.8. The summed E-state index contributed by atoms with van der Waals surface area (Å²) in [4.78, 5) is 15.7. The number of benzene rings is 2. The van der Waals surface area contributed by atoms with Crippen molar-refractivity contribution in [2.75, 3.05) is 12.3 Å². The third-order valence-electron chi connectivity index (χ3n) is 4.27. The summed E-state index contributed by atoms with van der Waals surface area (Å²) < 4.78 is 5.95. The highest BCUT2D eigenvalue weighted by molar-refractivity contribution is 8.00. The first-order valence-corrected chi connectivity index (χ1v) is 10.5. The first-order valence-electron chi connectivity index (χ1n) is 8.56. The van der Waals surface area contributed by atoms with E-state index in [1.54, 1.807) is 23.1 Å². The molecule has 1 aliphatic heterocycles. The van der Waals surface area contributed by atoms with E-state index in [1.807, 2.05) is 53.4 Å². The van der Waals surface area contributed by atoms with Crippen LogP contribution in [0.3, 0.4) is 0 Å². The Hall–Kier alpha value is -2.24. The first kappa shape index (κ1) is 17.2. The van der Waals surface area contributed by atoms with Crippen molar-refractivity contribution in [2.24, 2.45) is 0 Å². The highest BCUT2D eigenvalue weighted by atomic mass is 32.2. The van der Waals surface area contributed by atoms with Crippen molar-refractivity contribution in [3.63, 3.8) is 0 Å². The van der Waals surface area contributed by atoms with E-state index >= 15 is 0 Å². The minimum Gasteiger partial charge on any atom is -0.457 e. The number of rotatable bonds is 6. The van der Waals surface area contributed by atoms with Crippen LogP contribution in [0.15, 0.2) is 72.1 Å². The third kappa shape index (κ3) is 3.94. The maximum Gasteiger partial charge on any atom is 0.233 e. The number of nitrogens with zero attached hydrogens (tertiary/aromatic N) is 1. The van der Waals surface area contributed by atoms with Gasteiger partial charge in [-0.15, -0.1) is 23.1 Å². The molecule has 1 aromatic heterocycles. The summed E-state index contributed by atoms with van der Waals surface area (Å²) in [7, 11) is 0. The minimum atomic E-state index is 0.0572. The summed E-state index contributed by atoms with van der Waals surface area (Å²) in [6.07, 6.45) is 0.903. The molecule has 1 fully saturated rings. The van der Waals surface area contributed by atoms with Crippen LogP contribution in [0.25, 0.3) is 0 Å². The number of hydrogen-bond acceptors (Lipinski definition) is 4. The standard InChI is InChI=1S/C21H19NO2S2/c23-20-15-26-21(22(20)12-11-19-10-5-13-25-19)16-6-4-9-18(14-16)24-17-7-2-1-3-8-17/h1-10,13-14,21H,11-12,15H2. The zero-order valence-electron chi connectivity index (χ0n) is 14.2. The van der Waals surface area contributed by atoms with Crippen LogP contribution in [-0.2, 0) is 11.2 Å². The molecule has 0 N–H and O–H groups in total. The quantitative estimate of drug-likeness (QED) is 0.576. The van der Waals surface area contributed by atoms with Gasteiger partial charge in [-0.05, 0) is 47.7 Å². The van der Waals surface area contributed by atoms with E-state index in [4.69, 9.17) is 4.74 Å². The molecule has 4 rings (SSSR count). The van der Waals surface area contributed by atoms with Crippen LogP contribution < -0.4 is 4.74 Å². The molecular weight excluding hydrogens is 362 g/mol. The number of carbonyl (C=O) groups is 1. The molecule has 2 heterocycles. The van der Waals surface area contributed by atoms with Gasteiger partial charge in [-0.2, -0.15) is 0 Å². The van der Waals surface area contributed by atoms with Gasteiger partial charge in [-0.25, -0.2) is 0 Å². The fourth-order valence-electron chi connectivity index (χ4n) is 3.01. The summed E-state index contributed by atoms with van der Waals surface area (Å²) in [5.74, 6) is 2.37. The molecule has 0 saturated carbocycles. The lowest BCUT2D eigenvalue weighted by Crippen LogP contribution is -2.30. The normalized spacial score (nSPS) is 16.8. The average Bonchev–Trinajstić information content (AvgIpc) is 3.31. The van der Waals surface area contributed by atoms with Gasteiger partial charge in [0.25, 0.3) is 0 Å². The molecule has 5 heteroatoms. The van der Waals surface area contributed by atoms with Gasteiger partial charge >= 0.3 is 0 Å². The molecule has 2 aromatic carbocycles. The topological polar surface area (TPSA) is 29.5 Å². The molecule has 1 amide bonds. The maximum atomic E-state index is 12.4. The predicted molar refractivity (Wildman–Crippen MR) is 108 cm³/mol. The Balaban J connectivity index is 1.50. The van der Waals surface area contributed by atoms with Crippen molar-refractivity contribution in [3.05, 3.63) is 82.6 Å². The number of ether oxygens (including phenoxy) is 1. The molecule has 3 aromatic rings. The lowest BCUT2D eigenvalue weighted by atomic mass is 10.2. The van der Waals surface area contributed by atoms with Crippen molar-refractivity contribution in [3.8, 4) is 11.5 Å². The molecule has 1 unspecified atom stereocenters. The van der Waals surface area contributed by atoms with Gasteiger partial charge in [0.15, 0.2) is 0 Å². The molecule has 3 nitrogen and oxygen atoms in total. The maximum absolute atomic E-state index is 12.4. The Morgan fingerprint density at radius 1 is 1.00 bits per heavy atom. The van der Waals surface area contributed by atoms with Crippen molar-refractivity contribution in [1.82, 2.24) is 4.90 Å². The number of hydrogen-bond donors (Lipinski definition) is 0. The number of para-hydroxylation sites is 1. The van der Waals surface area contributed by atoms with E-state index in [-0.39, 0.29) is 11.3 Å². The summed E-state index contributed by atoms with van der Waals surface area (Å²) in [5, 5.41) is 2.14. The van der Waals surface area contributed by atoms with Gasteiger partial charge in [-0.1, -0.05) is 36.4 Å². The molecule has 1 saturated heterocycles. The van der Waals surface area contributed by atoms with Gasteiger partial charge in [0.2, 0.25) is 5.91 Å². The second-order valence-corrected chi connectivity index (χ2v) is 8.17. The van der Waals surface area contributed by atoms with Gasteiger partial charge in [-0.3, -0.25) is 4.79 Å². The predicted octanol–water partition coefficient (Wildman–Crippen LogP) is 5.36. The van der Waals surface area contributed by atoms with Crippen LogP contribution in [0, 0.1) is 0 Å². The Morgan fingerprint density at radius 2 is 1.85 bits per heavy atom. The van der Waals surface area contributed by atoms with Crippen LogP contribution in [0.1, 0.15) is 15.8 Å². The highest BCUT2D eigenvalue weighted by Crippen LogP contribution is 2.40. The Kier molecular flexibility index (Phi) is 5.27. The van der Waals surface area contributed by atoms with E-state index in [0.29, 0.717) is 5.75 Å². The summed E-state index contributed by atoms with van der Waals surface area (Å²) in [5.41, 5.74) is 1.11. The van der Waals surface area contributed by atoms with Gasteiger partial charge < -0.3 is 9.64 Å². The molecule has 1 atom stereocenters. The van der Waals surface area contributed by atoms with Crippen LogP contribution in [0.5, 0.6) is 11.5 Å².